The van der Waals surface area contributed by atoms with Crippen molar-refractivity contribution >= 4 is 34.7 Å². The molecule has 0 saturated heterocycles. The Labute approximate surface area is 99.5 Å². The van der Waals surface area contributed by atoms with Crippen LogP contribution in [0, 0.1) is 5.82 Å². The van der Waals surface area contributed by atoms with E-state index in [0.29, 0.717) is 15.1 Å². The van der Waals surface area contributed by atoms with Crippen LogP contribution < -0.4 is 0 Å². The predicted molar refractivity (Wildman–Crippen MR) is 60.9 cm³/mol. The van der Waals surface area contributed by atoms with E-state index in [4.69, 9.17) is 11.6 Å². The summed E-state index contributed by atoms with van der Waals surface area (Å²) in [6.45, 7) is 0. The molecule has 0 saturated carbocycles. The van der Waals surface area contributed by atoms with Crippen LogP contribution in [0.1, 0.15) is 5.01 Å². The molecule has 0 aliphatic heterocycles. The summed E-state index contributed by atoms with van der Waals surface area (Å²) in [5.74, 6) is 0.379. The number of hydrogen-bond donors (Lipinski definition) is 0. The van der Waals surface area contributed by atoms with Gasteiger partial charge in [0, 0.05) is 4.90 Å². The molecule has 1 aromatic carbocycles. The standard InChI is InChI=1S/C9H6ClFN2S2/c10-9-13-12-8(15-9)5-14-7-4-2-1-3-6(7)11/h1-4H,5H2. The monoisotopic (exact) mass is 260 g/mol. The van der Waals surface area contributed by atoms with E-state index in [1.807, 2.05) is 0 Å². The van der Waals surface area contributed by atoms with Crippen molar-refractivity contribution in [2.24, 2.45) is 0 Å². The Morgan fingerprint density at radius 3 is 2.80 bits per heavy atom. The van der Waals surface area contributed by atoms with E-state index in [0.717, 1.165) is 5.01 Å². The summed E-state index contributed by atoms with van der Waals surface area (Å²) < 4.78 is 13.6. The minimum absolute atomic E-state index is 0.210. The van der Waals surface area contributed by atoms with Crippen molar-refractivity contribution < 1.29 is 4.39 Å². The first-order valence-corrected chi connectivity index (χ1v) is 6.29. The number of hydrogen-bond acceptors (Lipinski definition) is 4. The minimum Gasteiger partial charge on any atom is -0.206 e. The molecule has 1 aromatic heterocycles. The fourth-order valence-corrected chi connectivity index (χ4v) is 2.79. The molecule has 0 spiro atoms. The summed E-state index contributed by atoms with van der Waals surface area (Å²) in [7, 11) is 0. The van der Waals surface area contributed by atoms with Gasteiger partial charge >= 0.3 is 0 Å². The van der Waals surface area contributed by atoms with Gasteiger partial charge in [-0.05, 0) is 23.7 Å². The van der Waals surface area contributed by atoms with E-state index in [2.05, 4.69) is 10.2 Å². The lowest BCUT2D eigenvalue weighted by Crippen LogP contribution is -1.82. The molecule has 2 aromatic rings. The number of benzene rings is 1. The molecule has 0 unspecified atom stereocenters. The van der Waals surface area contributed by atoms with Crippen molar-refractivity contribution in [1.29, 1.82) is 0 Å². The Morgan fingerprint density at radius 2 is 2.13 bits per heavy atom. The summed E-state index contributed by atoms with van der Waals surface area (Å²) in [6.07, 6.45) is 0. The van der Waals surface area contributed by atoms with Crippen LogP contribution in [0.15, 0.2) is 29.2 Å². The van der Waals surface area contributed by atoms with Crippen LogP contribution in [0.2, 0.25) is 4.47 Å². The van der Waals surface area contributed by atoms with Gasteiger partial charge in [0.25, 0.3) is 0 Å². The van der Waals surface area contributed by atoms with Gasteiger partial charge in [-0.1, -0.05) is 23.5 Å². The number of halogens is 2. The van der Waals surface area contributed by atoms with E-state index in [1.54, 1.807) is 18.2 Å². The molecule has 78 valence electrons. The molecule has 0 radical (unpaired) electrons. The SMILES string of the molecule is Fc1ccccc1SCc1nnc(Cl)s1. The van der Waals surface area contributed by atoms with Gasteiger partial charge in [-0.15, -0.1) is 22.0 Å². The van der Waals surface area contributed by atoms with Crippen molar-refractivity contribution in [3.63, 3.8) is 0 Å². The Balaban J connectivity index is 2.02. The predicted octanol–water partition coefficient (Wildman–Crippen LogP) is 3.62. The molecular formula is C9H6ClFN2S2. The second-order valence-electron chi connectivity index (χ2n) is 2.67. The van der Waals surface area contributed by atoms with Gasteiger partial charge in [-0.25, -0.2) is 4.39 Å². The third-order valence-electron chi connectivity index (χ3n) is 1.63. The first-order chi connectivity index (χ1) is 7.25. The average molecular weight is 261 g/mol. The van der Waals surface area contributed by atoms with Crippen LogP contribution in [0.4, 0.5) is 4.39 Å². The van der Waals surface area contributed by atoms with E-state index in [9.17, 15) is 4.39 Å². The Morgan fingerprint density at radius 1 is 1.33 bits per heavy atom. The Bertz CT molecular complexity index is 461. The topological polar surface area (TPSA) is 25.8 Å². The van der Waals surface area contributed by atoms with Gasteiger partial charge in [-0.2, -0.15) is 0 Å². The molecule has 0 amide bonds. The lowest BCUT2D eigenvalue weighted by Gasteiger charge is -1.99. The van der Waals surface area contributed by atoms with Gasteiger partial charge in [0.15, 0.2) is 0 Å². The van der Waals surface area contributed by atoms with Crippen molar-refractivity contribution in [1.82, 2.24) is 10.2 Å². The van der Waals surface area contributed by atoms with Crippen LogP contribution in [-0.2, 0) is 5.75 Å². The first kappa shape index (κ1) is 10.9. The van der Waals surface area contributed by atoms with Gasteiger partial charge < -0.3 is 0 Å². The second-order valence-corrected chi connectivity index (χ2v) is 5.33. The van der Waals surface area contributed by atoms with Gasteiger partial charge in [0.1, 0.15) is 10.8 Å². The van der Waals surface area contributed by atoms with Crippen LogP contribution in [0.5, 0.6) is 0 Å². The second kappa shape index (κ2) is 4.92. The fraction of sp³-hybridized carbons (Fsp3) is 0.111. The Hall–Kier alpha value is -0.650. The van der Waals surface area contributed by atoms with Gasteiger partial charge in [-0.3, -0.25) is 0 Å². The number of aromatic nitrogens is 2. The lowest BCUT2D eigenvalue weighted by atomic mass is 10.3. The summed E-state index contributed by atoms with van der Waals surface area (Å²) in [5, 5.41) is 8.33. The van der Waals surface area contributed by atoms with Crippen LogP contribution in [0.3, 0.4) is 0 Å². The summed E-state index contributed by atoms with van der Waals surface area (Å²) in [4.78, 5) is 0.615. The fourth-order valence-electron chi connectivity index (χ4n) is 0.993. The zero-order valence-electron chi connectivity index (χ0n) is 7.48. The third kappa shape index (κ3) is 2.90. The smallest absolute Gasteiger partial charge is 0.206 e. The molecule has 15 heavy (non-hydrogen) atoms. The summed E-state index contributed by atoms with van der Waals surface area (Å²) in [5.41, 5.74) is 0. The molecule has 0 aliphatic carbocycles. The highest BCUT2D eigenvalue weighted by Gasteiger charge is 2.05. The normalized spacial score (nSPS) is 10.5. The molecule has 0 bridgehead atoms. The summed E-state index contributed by atoms with van der Waals surface area (Å²) >= 11 is 8.34. The van der Waals surface area contributed by atoms with Crippen molar-refractivity contribution in [2.75, 3.05) is 0 Å². The maximum absolute atomic E-state index is 13.2. The van der Waals surface area contributed by atoms with Crippen LogP contribution in [0.25, 0.3) is 0 Å². The summed E-state index contributed by atoms with van der Waals surface area (Å²) in [6, 6.07) is 6.65. The van der Waals surface area contributed by atoms with Crippen molar-refractivity contribution in [3.05, 3.63) is 39.6 Å². The molecule has 6 heteroatoms. The maximum Gasteiger partial charge on any atom is 0.207 e. The molecule has 0 atom stereocenters. The average Bonchev–Trinajstić information content (AvgIpc) is 2.63. The zero-order chi connectivity index (χ0) is 10.7. The maximum atomic E-state index is 13.2. The third-order valence-corrected chi connectivity index (χ3v) is 3.89. The molecular weight excluding hydrogens is 255 g/mol. The number of thioether (sulfide) groups is 1. The van der Waals surface area contributed by atoms with Crippen molar-refractivity contribution in [2.45, 2.75) is 10.6 Å². The first-order valence-electron chi connectivity index (χ1n) is 4.11. The minimum atomic E-state index is -0.210. The highest BCUT2D eigenvalue weighted by Crippen LogP contribution is 2.27. The Kier molecular flexibility index (Phi) is 3.56. The lowest BCUT2D eigenvalue weighted by molar-refractivity contribution is 0.602. The molecule has 1 heterocycles. The molecule has 0 aliphatic rings. The van der Waals surface area contributed by atoms with Gasteiger partial charge in [0.05, 0.1) is 5.75 Å². The van der Waals surface area contributed by atoms with Crippen LogP contribution >= 0.6 is 34.7 Å². The highest BCUT2D eigenvalue weighted by molar-refractivity contribution is 7.98. The number of rotatable bonds is 3. The molecule has 0 fully saturated rings. The van der Waals surface area contributed by atoms with Crippen LogP contribution in [-0.4, -0.2) is 10.2 Å². The molecule has 2 nitrogen and oxygen atoms in total. The molecule has 2 rings (SSSR count). The zero-order valence-corrected chi connectivity index (χ0v) is 9.87. The van der Waals surface area contributed by atoms with Crippen molar-refractivity contribution in [3.8, 4) is 0 Å². The van der Waals surface area contributed by atoms with E-state index >= 15 is 0 Å². The van der Waals surface area contributed by atoms with E-state index < -0.39 is 0 Å². The largest absolute Gasteiger partial charge is 0.207 e. The van der Waals surface area contributed by atoms with E-state index in [1.165, 1.54) is 29.2 Å². The quantitative estimate of drug-likeness (QED) is 0.789. The molecule has 0 N–H and O–H groups in total. The highest BCUT2D eigenvalue weighted by atomic mass is 35.5. The van der Waals surface area contributed by atoms with Gasteiger partial charge in [0.2, 0.25) is 4.47 Å². The van der Waals surface area contributed by atoms with E-state index in [-0.39, 0.29) is 5.82 Å². The number of nitrogens with zero attached hydrogens (tertiary/aromatic N) is 2.